The summed E-state index contributed by atoms with van der Waals surface area (Å²) < 4.78 is 2.15. The van der Waals surface area contributed by atoms with E-state index in [0.717, 1.165) is 5.52 Å². The Hall–Kier alpha value is -1.26. The molecule has 0 fully saturated rings. The Bertz CT molecular complexity index is 576. The molecule has 0 saturated carbocycles. The number of nitrogens with one attached hydrogen (secondary N) is 1. The van der Waals surface area contributed by atoms with Crippen LogP contribution in [0.5, 0.6) is 0 Å². The molecule has 1 unspecified atom stereocenters. The van der Waals surface area contributed by atoms with Crippen molar-refractivity contribution in [3.05, 3.63) is 33.0 Å². The minimum atomic E-state index is -0.436. The fourth-order valence-corrected chi connectivity index (χ4v) is 1.97. The summed E-state index contributed by atoms with van der Waals surface area (Å²) in [5, 5.41) is 14.0. The van der Waals surface area contributed by atoms with Crippen molar-refractivity contribution in [1.29, 1.82) is 0 Å². The van der Waals surface area contributed by atoms with E-state index in [4.69, 9.17) is 12.2 Å². The fraction of sp³-hybridized carbons (Fsp3) is 0.222. The van der Waals surface area contributed by atoms with Crippen LogP contribution >= 0.6 is 21.6 Å². The molecule has 0 spiro atoms. The van der Waals surface area contributed by atoms with E-state index >= 15 is 0 Å². The molecule has 5 nitrogen and oxygen atoms in total. The molecule has 0 saturated heterocycles. The van der Waals surface area contributed by atoms with Gasteiger partial charge in [-0.05, 0) is 15.5 Å². The van der Waals surface area contributed by atoms with Gasteiger partial charge in [-0.15, -0.1) is 0 Å². The number of aromatic amines is 1. The fourth-order valence-electron chi connectivity index (χ4n) is 1.26. The molecule has 1 aromatic heterocycles. The molecule has 7 heteroatoms. The second-order valence-corrected chi connectivity index (χ2v) is 3.69. The number of non-ortho nitro benzene ring substituents is 1. The predicted octanol–water partition coefficient (Wildman–Crippen LogP) is 3.27. The number of H-pyrrole nitrogens is 1. The largest absolute Gasteiger partial charge is 0.285 e. The van der Waals surface area contributed by atoms with Crippen LogP contribution in [0.4, 0.5) is 5.69 Å². The van der Waals surface area contributed by atoms with Crippen LogP contribution in [0, 0.1) is 14.8 Å². The Morgan fingerprint density at radius 3 is 2.69 bits per heavy atom. The smallest absolute Gasteiger partial charge is 0.270 e. The van der Waals surface area contributed by atoms with E-state index in [0.29, 0.717) is 10.0 Å². The molecule has 2 rings (SSSR count). The van der Waals surface area contributed by atoms with Crippen molar-refractivity contribution >= 4 is 38.2 Å². The Labute approximate surface area is 99.9 Å². The van der Waals surface area contributed by atoms with Crippen molar-refractivity contribution in [3.63, 3.8) is 0 Å². The number of aromatic nitrogens is 2. The van der Waals surface area contributed by atoms with Gasteiger partial charge in [-0.3, -0.25) is 19.7 Å². The number of nitrogens with zero attached hydrogens (tertiary/aromatic N) is 2. The minimum Gasteiger partial charge on any atom is -0.285 e. The highest BCUT2D eigenvalue weighted by molar-refractivity contribution is 7.71. The summed E-state index contributed by atoms with van der Waals surface area (Å²) in [6.45, 7) is 4.00. The molecule has 0 aliphatic carbocycles. The first-order chi connectivity index (χ1) is 7.59. The number of hydrogen-bond donors (Lipinski definition) is 1. The van der Waals surface area contributed by atoms with Crippen molar-refractivity contribution in [1.82, 2.24) is 9.55 Å². The molecule has 1 aromatic carbocycles. The summed E-state index contributed by atoms with van der Waals surface area (Å²) in [6, 6.07) is 4.58. The molecule has 0 radical (unpaired) electrons. The molecule has 1 N–H and O–H groups in total. The summed E-state index contributed by atoms with van der Waals surface area (Å²) in [6.07, 6.45) is 0. The first-order valence-corrected chi connectivity index (χ1v) is 5.66. The highest BCUT2D eigenvalue weighted by Gasteiger charge is 2.08. The van der Waals surface area contributed by atoms with E-state index in [-0.39, 0.29) is 5.69 Å². The second kappa shape index (κ2) is 5.18. The number of nitro benzene ring substituents is 1. The van der Waals surface area contributed by atoms with Gasteiger partial charge in [-0.2, -0.15) is 0 Å². The molecule has 86 valence electrons. The first kappa shape index (κ1) is 12.8. The van der Waals surface area contributed by atoms with Crippen LogP contribution in [0.25, 0.3) is 10.9 Å². The third-order valence-corrected chi connectivity index (χ3v) is 2.64. The summed E-state index contributed by atoms with van der Waals surface area (Å²) >= 11 is 5.01. The van der Waals surface area contributed by atoms with Crippen LogP contribution in [0.2, 0.25) is 0 Å². The third kappa shape index (κ3) is 2.28. The highest BCUT2D eigenvalue weighted by Crippen LogP contribution is 2.22. The zero-order valence-electron chi connectivity index (χ0n) is 8.93. The molecule has 0 aliphatic heterocycles. The van der Waals surface area contributed by atoms with Crippen LogP contribution < -0.4 is 0 Å². The number of benzene rings is 1. The van der Waals surface area contributed by atoms with Crippen molar-refractivity contribution in [2.45, 2.75) is 13.8 Å². The monoisotopic (exact) mass is 257 g/mol. The van der Waals surface area contributed by atoms with Crippen molar-refractivity contribution in [3.8, 4) is 0 Å². The van der Waals surface area contributed by atoms with E-state index in [1.165, 1.54) is 12.1 Å². The van der Waals surface area contributed by atoms with E-state index in [2.05, 4.69) is 14.5 Å². The second-order valence-electron chi connectivity index (χ2n) is 2.77. The van der Waals surface area contributed by atoms with E-state index in [1.54, 1.807) is 10.5 Å². The number of rotatable bonds is 1. The minimum absolute atomic E-state index is 0.0493. The SMILES string of the molecule is CC.O=[N+]([O-])c1ccc2c(c1)c(=S)[nH]n2P. The summed E-state index contributed by atoms with van der Waals surface area (Å²) in [5.74, 6) is 0. The van der Waals surface area contributed by atoms with Crippen LogP contribution in [0.15, 0.2) is 18.2 Å². The quantitative estimate of drug-likeness (QED) is 0.369. The van der Waals surface area contributed by atoms with Gasteiger partial charge in [0.05, 0.1) is 10.4 Å². The average molecular weight is 257 g/mol. The highest BCUT2D eigenvalue weighted by atomic mass is 32.1. The topological polar surface area (TPSA) is 63.9 Å². The zero-order valence-corrected chi connectivity index (χ0v) is 10.9. The van der Waals surface area contributed by atoms with Gasteiger partial charge in [0, 0.05) is 17.5 Å². The lowest BCUT2D eigenvalue weighted by Crippen LogP contribution is -1.87. The number of fused-ring (bicyclic) bond motifs is 1. The maximum Gasteiger partial charge on any atom is 0.270 e. The molecular weight excluding hydrogens is 245 g/mol. The van der Waals surface area contributed by atoms with Crippen molar-refractivity contribution in [2.24, 2.45) is 0 Å². The average Bonchev–Trinajstić information content (AvgIpc) is 2.57. The molecule has 0 bridgehead atoms. The maximum absolute atomic E-state index is 10.5. The third-order valence-electron chi connectivity index (χ3n) is 1.92. The summed E-state index contributed by atoms with van der Waals surface area (Å²) in [7, 11) is 2.43. The normalized spacial score (nSPS) is 9.69. The molecule has 1 heterocycles. The summed E-state index contributed by atoms with van der Waals surface area (Å²) in [5.41, 5.74) is 0.874. The standard InChI is InChI=1S/C7H6N3O2PS.C2H6/c11-10(12)4-1-2-6-5(3-4)7(14)8-9(6)13;1-2/h1-3H,13H2,(H,8,14);1-2H3. The van der Waals surface area contributed by atoms with Gasteiger partial charge in [0.1, 0.15) is 4.64 Å². The Kier molecular flexibility index (Phi) is 4.15. The molecule has 0 amide bonds. The lowest BCUT2D eigenvalue weighted by atomic mass is 10.2. The summed E-state index contributed by atoms with van der Waals surface area (Å²) in [4.78, 5) is 10.1. The van der Waals surface area contributed by atoms with Gasteiger partial charge in [-0.25, -0.2) is 0 Å². The lowest BCUT2D eigenvalue weighted by Gasteiger charge is -1.93. The maximum atomic E-state index is 10.5. The Morgan fingerprint density at radius 2 is 2.12 bits per heavy atom. The molecule has 0 aliphatic rings. The van der Waals surface area contributed by atoms with Crippen molar-refractivity contribution in [2.75, 3.05) is 0 Å². The van der Waals surface area contributed by atoms with E-state index < -0.39 is 4.92 Å². The van der Waals surface area contributed by atoms with Crippen LogP contribution in [0.1, 0.15) is 13.8 Å². The van der Waals surface area contributed by atoms with Gasteiger partial charge in [0.2, 0.25) is 0 Å². The van der Waals surface area contributed by atoms with Crippen LogP contribution in [0.3, 0.4) is 0 Å². The van der Waals surface area contributed by atoms with Crippen LogP contribution in [-0.4, -0.2) is 14.5 Å². The van der Waals surface area contributed by atoms with Gasteiger partial charge in [0.15, 0.2) is 0 Å². The molecular formula is C9H12N3O2PS. The Balaban J connectivity index is 0.000000606. The van der Waals surface area contributed by atoms with Gasteiger partial charge >= 0.3 is 0 Å². The Morgan fingerprint density at radius 1 is 1.50 bits per heavy atom. The number of nitro groups is 1. The van der Waals surface area contributed by atoms with E-state index in [1.807, 2.05) is 13.8 Å². The zero-order chi connectivity index (χ0) is 12.3. The molecule has 2 aromatic rings. The van der Waals surface area contributed by atoms with Gasteiger partial charge in [-0.1, -0.05) is 26.1 Å². The lowest BCUT2D eigenvalue weighted by molar-refractivity contribution is -0.384. The van der Waals surface area contributed by atoms with E-state index in [9.17, 15) is 10.1 Å². The predicted molar refractivity (Wildman–Crippen MR) is 70.2 cm³/mol. The van der Waals surface area contributed by atoms with Crippen molar-refractivity contribution < 1.29 is 4.92 Å². The first-order valence-electron chi connectivity index (χ1n) is 4.74. The van der Waals surface area contributed by atoms with Gasteiger partial charge < -0.3 is 0 Å². The van der Waals surface area contributed by atoms with Crippen LogP contribution in [-0.2, 0) is 0 Å². The molecule has 16 heavy (non-hydrogen) atoms. The number of hydrogen-bond acceptors (Lipinski definition) is 3. The molecule has 1 atom stereocenters. The van der Waals surface area contributed by atoms with Gasteiger partial charge in [0.25, 0.3) is 5.69 Å².